The van der Waals surface area contributed by atoms with Crippen LogP contribution in [0.25, 0.3) is 0 Å². The van der Waals surface area contributed by atoms with Crippen molar-refractivity contribution in [3.05, 3.63) is 60.8 Å². The lowest BCUT2D eigenvalue weighted by atomic mass is 10.0. The molecule has 0 aliphatic carbocycles. The molecule has 4 nitrogen and oxygen atoms in total. The third kappa shape index (κ3) is 47.0. The summed E-state index contributed by atoms with van der Waals surface area (Å²) in [6, 6.07) is -0.648. The van der Waals surface area contributed by atoms with Crippen LogP contribution in [0.1, 0.15) is 264 Å². The van der Waals surface area contributed by atoms with Crippen molar-refractivity contribution in [2.24, 2.45) is 0 Å². The highest BCUT2D eigenvalue weighted by atomic mass is 16.3. The summed E-state index contributed by atoms with van der Waals surface area (Å²) in [7, 11) is 0. The van der Waals surface area contributed by atoms with Crippen molar-refractivity contribution in [1.82, 2.24) is 5.32 Å². The molecule has 344 valence electrons. The van der Waals surface area contributed by atoms with Gasteiger partial charge < -0.3 is 15.5 Å². The van der Waals surface area contributed by atoms with E-state index in [0.717, 1.165) is 44.9 Å². The molecule has 0 saturated carbocycles. The van der Waals surface area contributed by atoms with E-state index in [-0.39, 0.29) is 12.5 Å². The largest absolute Gasteiger partial charge is 0.394 e. The summed E-state index contributed by atoms with van der Waals surface area (Å²) in [5, 5.41) is 23.1. The van der Waals surface area contributed by atoms with E-state index in [1.807, 2.05) is 6.08 Å². The third-order valence-corrected chi connectivity index (χ3v) is 11.7. The molecule has 0 aliphatic rings. The zero-order valence-electron chi connectivity index (χ0n) is 39.5. The Balaban J connectivity index is 3.56. The first kappa shape index (κ1) is 57.1. The fourth-order valence-electron chi connectivity index (χ4n) is 7.71. The van der Waals surface area contributed by atoms with Crippen LogP contribution in [0, 0.1) is 0 Å². The predicted octanol–water partition coefficient (Wildman–Crippen LogP) is 16.9. The minimum absolute atomic E-state index is 0.0785. The molecule has 0 saturated heterocycles. The van der Waals surface area contributed by atoms with Crippen LogP contribution < -0.4 is 5.32 Å². The van der Waals surface area contributed by atoms with E-state index in [1.54, 1.807) is 6.08 Å². The van der Waals surface area contributed by atoms with Gasteiger partial charge in [-0.1, -0.05) is 242 Å². The molecule has 0 fully saturated rings. The van der Waals surface area contributed by atoms with Gasteiger partial charge in [0.1, 0.15) is 0 Å². The van der Waals surface area contributed by atoms with E-state index in [2.05, 4.69) is 67.8 Å². The van der Waals surface area contributed by atoms with Gasteiger partial charge in [-0.15, -0.1) is 0 Å². The van der Waals surface area contributed by atoms with Crippen LogP contribution in [-0.4, -0.2) is 34.9 Å². The number of carbonyl (C=O) groups excluding carboxylic acids is 1. The molecule has 0 radical (unpaired) electrons. The number of unbranched alkanes of at least 4 members (excludes halogenated alkanes) is 32. The maximum absolute atomic E-state index is 12.4. The molecule has 1 amide bonds. The van der Waals surface area contributed by atoms with Gasteiger partial charge in [0.15, 0.2) is 0 Å². The lowest BCUT2D eigenvalue weighted by molar-refractivity contribution is -0.123. The van der Waals surface area contributed by atoms with E-state index in [0.29, 0.717) is 6.42 Å². The van der Waals surface area contributed by atoms with Gasteiger partial charge in [-0.25, -0.2) is 0 Å². The van der Waals surface area contributed by atoms with Crippen molar-refractivity contribution in [2.75, 3.05) is 6.61 Å². The second-order valence-electron chi connectivity index (χ2n) is 17.6. The number of hydrogen-bond donors (Lipinski definition) is 3. The normalized spacial score (nSPS) is 13.4. The Hall–Kier alpha value is -1.91. The molecule has 3 N–H and O–H groups in total. The van der Waals surface area contributed by atoms with Gasteiger partial charge in [-0.3, -0.25) is 4.79 Å². The topological polar surface area (TPSA) is 69.6 Å². The zero-order valence-corrected chi connectivity index (χ0v) is 39.5. The number of allylic oxidation sites excluding steroid dienone is 9. The van der Waals surface area contributed by atoms with Crippen LogP contribution in [0.3, 0.4) is 0 Å². The Morgan fingerprint density at radius 1 is 0.407 bits per heavy atom. The van der Waals surface area contributed by atoms with Gasteiger partial charge in [-0.05, 0) is 77.0 Å². The summed E-state index contributed by atoms with van der Waals surface area (Å²) in [6.07, 6.45) is 70.8. The van der Waals surface area contributed by atoms with Crippen LogP contribution in [-0.2, 0) is 4.79 Å². The third-order valence-electron chi connectivity index (χ3n) is 11.7. The van der Waals surface area contributed by atoms with E-state index in [9.17, 15) is 15.0 Å². The summed E-state index contributed by atoms with van der Waals surface area (Å²) in [6.45, 7) is 4.30. The molecule has 0 aromatic carbocycles. The Bertz CT molecular complexity index is 981. The maximum atomic E-state index is 12.4. The molecule has 0 aliphatic heterocycles. The van der Waals surface area contributed by atoms with Crippen LogP contribution >= 0.6 is 0 Å². The number of amides is 1. The lowest BCUT2D eigenvalue weighted by Crippen LogP contribution is -2.45. The quantitative estimate of drug-likeness (QED) is 0.0423. The maximum Gasteiger partial charge on any atom is 0.220 e. The molecular formula is C55H101NO3. The number of hydrogen-bond acceptors (Lipinski definition) is 3. The monoisotopic (exact) mass is 824 g/mol. The molecular weight excluding hydrogens is 723 g/mol. The number of nitrogens with one attached hydrogen (secondary N) is 1. The Labute approximate surface area is 368 Å². The summed E-state index contributed by atoms with van der Waals surface area (Å²) in [5.74, 6) is -0.0785. The number of aliphatic hydroxyl groups is 2. The van der Waals surface area contributed by atoms with E-state index in [4.69, 9.17) is 0 Å². The lowest BCUT2D eigenvalue weighted by Gasteiger charge is -2.19. The SMILES string of the molecule is CCCCCCCCCC/C=C/CC/C=C/CC/C=C/C(O)C(CO)NC(=O)CCCCCCCCCCCCCCC/C=C\C/C=C\CCCCCCCCCCC. The summed E-state index contributed by atoms with van der Waals surface area (Å²) in [5.41, 5.74) is 0. The van der Waals surface area contributed by atoms with Crippen LogP contribution in [0.2, 0.25) is 0 Å². The summed E-state index contributed by atoms with van der Waals surface area (Å²) in [4.78, 5) is 12.4. The predicted molar refractivity (Wildman–Crippen MR) is 262 cm³/mol. The van der Waals surface area contributed by atoms with Crippen molar-refractivity contribution < 1.29 is 15.0 Å². The fourth-order valence-corrected chi connectivity index (χ4v) is 7.71. The molecule has 0 aromatic heterocycles. The minimum Gasteiger partial charge on any atom is -0.394 e. The molecule has 0 heterocycles. The van der Waals surface area contributed by atoms with Crippen LogP contribution in [0.5, 0.6) is 0 Å². The van der Waals surface area contributed by atoms with Crippen molar-refractivity contribution in [2.45, 2.75) is 276 Å². The second kappa shape index (κ2) is 50.4. The fraction of sp³-hybridized carbons (Fsp3) is 0.800. The average molecular weight is 824 g/mol. The highest BCUT2D eigenvalue weighted by Crippen LogP contribution is 2.15. The summed E-state index contributed by atoms with van der Waals surface area (Å²) < 4.78 is 0. The molecule has 0 spiro atoms. The molecule has 4 heteroatoms. The molecule has 0 aromatic rings. The van der Waals surface area contributed by atoms with Crippen LogP contribution in [0.15, 0.2) is 60.8 Å². The Morgan fingerprint density at radius 3 is 1.08 bits per heavy atom. The number of rotatable bonds is 47. The zero-order chi connectivity index (χ0) is 42.8. The van der Waals surface area contributed by atoms with Crippen molar-refractivity contribution in [1.29, 1.82) is 0 Å². The van der Waals surface area contributed by atoms with Crippen molar-refractivity contribution in [3.63, 3.8) is 0 Å². The van der Waals surface area contributed by atoms with Gasteiger partial charge in [0, 0.05) is 6.42 Å². The van der Waals surface area contributed by atoms with Crippen molar-refractivity contribution >= 4 is 5.91 Å². The molecule has 59 heavy (non-hydrogen) atoms. The van der Waals surface area contributed by atoms with E-state index < -0.39 is 12.1 Å². The minimum atomic E-state index is -0.872. The highest BCUT2D eigenvalue weighted by molar-refractivity contribution is 5.76. The molecule has 2 unspecified atom stereocenters. The Morgan fingerprint density at radius 2 is 0.712 bits per heavy atom. The molecule has 2 atom stereocenters. The Kier molecular flexibility index (Phi) is 48.8. The van der Waals surface area contributed by atoms with Gasteiger partial charge >= 0.3 is 0 Å². The van der Waals surface area contributed by atoms with E-state index >= 15 is 0 Å². The van der Waals surface area contributed by atoms with E-state index in [1.165, 1.54) is 199 Å². The first-order chi connectivity index (χ1) is 29.2. The smallest absolute Gasteiger partial charge is 0.220 e. The van der Waals surface area contributed by atoms with Crippen LogP contribution in [0.4, 0.5) is 0 Å². The summed E-state index contributed by atoms with van der Waals surface area (Å²) >= 11 is 0. The second-order valence-corrected chi connectivity index (χ2v) is 17.6. The van der Waals surface area contributed by atoms with Gasteiger partial charge in [-0.2, -0.15) is 0 Å². The number of aliphatic hydroxyl groups excluding tert-OH is 2. The molecule has 0 bridgehead atoms. The number of carbonyl (C=O) groups is 1. The molecule has 0 rings (SSSR count). The average Bonchev–Trinajstić information content (AvgIpc) is 3.24. The first-order valence-corrected chi connectivity index (χ1v) is 26.0. The highest BCUT2D eigenvalue weighted by Gasteiger charge is 2.17. The van der Waals surface area contributed by atoms with Crippen molar-refractivity contribution in [3.8, 4) is 0 Å². The van der Waals surface area contributed by atoms with Gasteiger partial charge in [0.2, 0.25) is 5.91 Å². The first-order valence-electron chi connectivity index (χ1n) is 26.0. The van der Waals surface area contributed by atoms with Gasteiger partial charge in [0.25, 0.3) is 0 Å². The standard InChI is InChI=1S/C55H101NO3/c1-3-5-7-9-11-13-15-17-19-21-23-24-25-26-27-28-29-30-31-32-33-35-37-39-41-43-45-47-49-51-55(59)56-53(52-57)54(58)50-48-46-44-42-40-38-36-34-22-20-18-16-14-12-10-8-6-4-2/h22-24,26-27,34,40,42,48,50,53-54,57-58H,3-21,25,28-33,35-39,41,43-47,49,51-52H2,1-2H3,(H,56,59)/b24-23-,27-26-,34-22+,42-40+,50-48+. The van der Waals surface area contributed by atoms with Gasteiger partial charge in [0.05, 0.1) is 18.8 Å².